The van der Waals surface area contributed by atoms with Crippen LogP contribution in [0.4, 0.5) is 4.79 Å². The van der Waals surface area contributed by atoms with Crippen LogP contribution in [0.25, 0.3) is 11.3 Å². The Morgan fingerprint density at radius 1 is 1.07 bits per heavy atom. The third kappa shape index (κ3) is 8.17. The fourth-order valence-electron chi connectivity index (χ4n) is 5.88. The second kappa shape index (κ2) is 15.5. The van der Waals surface area contributed by atoms with E-state index < -0.39 is 0 Å². The maximum absolute atomic E-state index is 12.4. The molecule has 0 aliphatic carbocycles. The molecule has 1 aliphatic heterocycles. The van der Waals surface area contributed by atoms with Crippen LogP contribution in [-0.4, -0.2) is 50.9 Å². The third-order valence-corrected chi connectivity index (χ3v) is 8.59. The first-order valence-electron chi connectivity index (χ1n) is 15.6. The zero-order valence-corrected chi connectivity index (χ0v) is 26.7. The minimum atomic E-state index is -0.196. The molecule has 1 fully saturated rings. The highest BCUT2D eigenvalue weighted by Crippen LogP contribution is 2.35. The van der Waals surface area contributed by atoms with Crippen LogP contribution < -0.4 is 0 Å². The van der Waals surface area contributed by atoms with Crippen molar-refractivity contribution in [1.29, 1.82) is 0 Å². The van der Waals surface area contributed by atoms with E-state index in [1.165, 1.54) is 16.7 Å². The molecule has 0 saturated carbocycles. The molecule has 5 rings (SSSR count). The molecule has 3 aromatic carbocycles. The number of nitrogens with zero attached hydrogens (tertiary/aromatic N) is 5. The van der Waals surface area contributed by atoms with Gasteiger partial charge in [0.05, 0.1) is 12.3 Å². The van der Waals surface area contributed by atoms with Gasteiger partial charge in [-0.25, -0.2) is 4.79 Å². The van der Waals surface area contributed by atoms with Gasteiger partial charge in [-0.2, -0.15) is 4.68 Å². The van der Waals surface area contributed by atoms with E-state index in [0.29, 0.717) is 30.6 Å². The first-order valence-corrected chi connectivity index (χ1v) is 16.0. The van der Waals surface area contributed by atoms with Gasteiger partial charge in [0.15, 0.2) is 0 Å². The normalized spacial score (nSPS) is 14.9. The molecular weight excluding hydrogens is 582 g/mol. The Balaban J connectivity index is 1.39. The fourth-order valence-corrected chi connectivity index (χ4v) is 6.06. The van der Waals surface area contributed by atoms with Crippen molar-refractivity contribution >= 4 is 23.3 Å². The van der Waals surface area contributed by atoms with Gasteiger partial charge in [0.25, 0.3) is 0 Å². The zero-order chi connectivity index (χ0) is 31.6. The van der Waals surface area contributed by atoms with Gasteiger partial charge in [-0.1, -0.05) is 97.9 Å². The summed E-state index contributed by atoms with van der Waals surface area (Å²) in [4.78, 5) is 14.2. The van der Waals surface area contributed by atoms with Gasteiger partial charge in [0.1, 0.15) is 6.33 Å². The van der Waals surface area contributed by atoms with E-state index in [-0.39, 0.29) is 12.0 Å². The molecule has 2 heterocycles. The molecule has 4 aromatic rings. The summed E-state index contributed by atoms with van der Waals surface area (Å²) in [7, 11) is 0. The van der Waals surface area contributed by atoms with Crippen molar-refractivity contribution in [1.82, 2.24) is 25.1 Å². The number of rotatable bonds is 11. The van der Waals surface area contributed by atoms with Gasteiger partial charge >= 0.3 is 6.09 Å². The number of benzene rings is 3. The van der Waals surface area contributed by atoms with E-state index in [1.54, 1.807) is 11.0 Å². The minimum absolute atomic E-state index is 0.0733. The Bertz CT molecular complexity index is 1640. The number of aromatic nitrogens is 4. The molecule has 8 heteroatoms. The second-order valence-electron chi connectivity index (χ2n) is 11.4. The standard InChI is InChI=1S/C37H40ClN5O2/c1-4-22-45-37(44)42-20-18-30(19-21-42)31-12-9-13-32(24-31)34(23-28-10-7-6-8-11-28)27(3)14-15-29(5-2)35-25-33(38)16-17-36(35)43-26-39-40-41-43/h5-17,24-26,30,34H,3-4,18-23H2,1-2H3/b15-14-,29-5+/t34-/m1/s1. The van der Waals surface area contributed by atoms with Crippen LogP contribution in [0.3, 0.4) is 0 Å². The second-order valence-corrected chi connectivity index (χ2v) is 11.8. The molecule has 0 radical (unpaired) electrons. The van der Waals surface area contributed by atoms with Gasteiger partial charge in [0, 0.05) is 29.6 Å². The number of ether oxygens (including phenoxy) is 1. The van der Waals surface area contributed by atoms with Gasteiger partial charge in [-0.15, -0.1) is 5.10 Å². The first kappa shape index (κ1) is 31.9. The van der Waals surface area contributed by atoms with Crippen molar-refractivity contribution in [2.24, 2.45) is 0 Å². The number of carbonyl (C=O) groups is 1. The van der Waals surface area contributed by atoms with Crippen LogP contribution in [0.1, 0.15) is 67.2 Å². The first-order chi connectivity index (χ1) is 22.0. The monoisotopic (exact) mass is 621 g/mol. The predicted molar refractivity (Wildman–Crippen MR) is 181 cm³/mol. The number of tetrazole rings is 1. The maximum atomic E-state index is 12.4. The summed E-state index contributed by atoms with van der Waals surface area (Å²) in [5.74, 6) is 0.465. The third-order valence-electron chi connectivity index (χ3n) is 8.35. The molecule has 7 nitrogen and oxygen atoms in total. The van der Waals surface area contributed by atoms with Crippen molar-refractivity contribution in [3.8, 4) is 5.69 Å². The summed E-state index contributed by atoms with van der Waals surface area (Å²) in [6, 6.07) is 25.2. The van der Waals surface area contributed by atoms with Crippen LogP contribution in [0.5, 0.6) is 0 Å². The number of hydrogen-bond donors (Lipinski definition) is 0. The molecule has 1 amide bonds. The number of amides is 1. The van der Waals surface area contributed by atoms with Crippen molar-refractivity contribution in [2.45, 2.75) is 51.4 Å². The number of allylic oxidation sites excluding steroid dienone is 5. The van der Waals surface area contributed by atoms with Crippen molar-refractivity contribution < 1.29 is 9.53 Å². The molecule has 1 atom stereocenters. The molecule has 1 aliphatic rings. The topological polar surface area (TPSA) is 73.1 Å². The van der Waals surface area contributed by atoms with Gasteiger partial charge in [-0.05, 0) is 95.0 Å². The lowest BCUT2D eigenvalue weighted by Crippen LogP contribution is -2.38. The van der Waals surface area contributed by atoms with Crippen LogP contribution in [0, 0.1) is 0 Å². The van der Waals surface area contributed by atoms with Gasteiger partial charge in [0.2, 0.25) is 0 Å². The number of likely N-dealkylation sites (tertiary alicyclic amines) is 1. The largest absolute Gasteiger partial charge is 0.449 e. The van der Waals surface area contributed by atoms with E-state index in [4.69, 9.17) is 16.3 Å². The van der Waals surface area contributed by atoms with Gasteiger partial charge < -0.3 is 9.64 Å². The smallest absolute Gasteiger partial charge is 0.409 e. The average molecular weight is 622 g/mol. The Morgan fingerprint density at radius 2 is 1.87 bits per heavy atom. The molecule has 1 saturated heterocycles. The van der Waals surface area contributed by atoms with Crippen LogP contribution in [-0.2, 0) is 11.2 Å². The number of halogens is 1. The Hall–Kier alpha value is -4.49. The fraction of sp³-hybridized carbons (Fsp3) is 0.297. The van der Waals surface area contributed by atoms with Crippen molar-refractivity contribution in [3.63, 3.8) is 0 Å². The highest BCUT2D eigenvalue weighted by Gasteiger charge is 2.25. The summed E-state index contributed by atoms with van der Waals surface area (Å²) in [5, 5.41) is 12.3. The molecule has 0 bridgehead atoms. The molecule has 0 N–H and O–H groups in total. The summed E-state index contributed by atoms with van der Waals surface area (Å²) in [6.45, 7) is 10.5. The summed E-state index contributed by atoms with van der Waals surface area (Å²) in [6.07, 6.45) is 11.1. The Kier molecular flexibility index (Phi) is 11.0. The highest BCUT2D eigenvalue weighted by atomic mass is 35.5. The van der Waals surface area contributed by atoms with E-state index in [2.05, 4.69) is 88.9 Å². The molecule has 1 aromatic heterocycles. The lowest BCUT2D eigenvalue weighted by molar-refractivity contribution is 0.0927. The van der Waals surface area contributed by atoms with E-state index in [0.717, 1.165) is 48.1 Å². The highest BCUT2D eigenvalue weighted by molar-refractivity contribution is 6.30. The number of hydrogen-bond acceptors (Lipinski definition) is 5. The summed E-state index contributed by atoms with van der Waals surface area (Å²) >= 11 is 6.43. The number of carbonyl (C=O) groups excluding carboxylic acids is 1. The average Bonchev–Trinajstić information content (AvgIpc) is 3.62. The zero-order valence-electron chi connectivity index (χ0n) is 26.0. The Labute approximate surface area is 270 Å². The lowest BCUT2D eigenvalue weighted by atomic mass is 9.82. The molecule has 45 heavy (non-hydrogen) atoms. The minimum Gasteiger partial charge on any atom is -0.449 e. The molecule has 0 spiro atoms. The van der Waals surface area contributed by atoms with Crippen molar-refractivity contribution in [2.75, 3.05) is 19.7 Å². The molecule has 232 valence electrons. The predicted octanol–water partition coefficient (Wildman–Crippen LogP) is 8.58. The molecular formula is C37H40ClN5O2. The number of piperidine rings is 1. The lowest BCUT2D eigenvalue weighted by Gasteiger charge is -2.32. The summed E-state index contributed by atoms with van der Waals surface area (Å²) < 4.78 is 7.00. The van der Waals surface area contributed by atoms with E-state index in [1.807, 2.05) is 43.0 Å². The van der Waals surface area contributed by atoms with Crippen LogP contribution in [0.2, 0.25) is 5.02 Å². The van der Waals surface area contributed by atoms with Crippen molar-refractivity contribution in [3.05, 3.63) is 137 Å². The van der Waals surface area contributed by atoms with E-state index in [9.17, 15) is 4.79 Å². The Morgan fingerprint density at radius 3 is 2.58 bits per heavy atom. The van der Waals surface area contributed by atoms with Crippen LogP contribution >= 0.6 is 11.6 Å². The van der Waals surface area contributed by atoms with Crippen LogP contribution in [0.15, 0.2) is 110 Å². The van der Waals surface area contributed by atoms with Gasteiger partial charge in [-0.3, -0.25) is 0 Å². The summed E-state index contributed by atoms with van der Waals surface area (Å²) in [5.41, 5.74) is 7.55. The SMILES string of the molecule is C=C(/C=C\C(=C/C)c1cc(Cl)ccc1-n1cnnn1)[C@@H](Cc1ccccc1)c1cccc(C2CCN(C(=O)OCCC)CC2)c1. The quantitative estimate of drug-likeness (QED) is 0.157. The molecule has 0 unspecified atom stereocenters. The maximum Gasteiger partial charge on any atom is 0.409 e. The van der Waals surface area contributed by atoms with E-state index >= 15 is 0 Å².